The molecule has 1 fully saturated rings. The highest BCUT2D eigenvalue weighted by molar-refractivity contribution is 7.14. The van der Waals surface area contributed by atoms with Crippen LogP contribution in [0.3, 0.4) is 0 Å². The fourth-order valence-electron chi connectivity index (χ4n) is 3.59. The summed E-state index contributed by atoms with van der Waals surface area (Å²) in [5.41, 5.74) is 1.26. The zero-order valence-corrected chi connectivity index (χ0v) is 17.1. The number of imide groups is 1. The highest BCUT2D eigenvalue weighted by atomic mass is 32.1. The summed E-state index contributed by atoms with van der Waals surface area (Å²) in [7, 11) is 0. The first kappa shape index (κ1) is 20.9. The number of amides is 3. The second kappa shape index (κ2) is 8.76. The first-order valence-electron chi connectivity index (χ1n) is 9.59. The molecule has 3 amide bonds. The number of hydrogen-bond donors (Lipinski definition) is 1. The minimum atomic E-state index is -0.838. The third-order valence-electron chi connectivity index (χ3n) is 5.14. The summed E-state index contributed by atoms with van der Waals surface area (Å²) >= 11 is 1.17. The molecule has 1 aliphatic carbocycles. The van der Waals surface area contributed by atoms with E-state index in [0.29, 0.717) is 29.2 Å². The number of carbonyl (C=O) groups excluding carboxylic acids is 4. The second-order valence-electron chi connectivity index (χ2n) is 7.17. The van der Waals surface area contributed by atoms with Gasteiger partial charge in [-0.15, -0.1) is 11.3 Å². The van der Waals surface area contributed by atoms with Gasteiger partial charge in [0, 0.05) is 10.9 Å². The van der Waals surface area contributed by atoms with E-state index in [1.54, 1.807) is 17.5 Å². The van der Waals surface area contributed by atoms with Gasteiger partial charge in [0.1, 0.15) is 12.4 Å². The number of carbonyl (C=O) groups is 4. The molecular weight excluding hydrogens is 425 g/mol. The predicted molar refractivity (Wildman–Crippen MR) is 109 cm³/mol. The van der Waals surface area contributed by atoms with Gasteiger partial charge in [0.2, 0.25) is 11.8 Å². The number of fused-ring (bicyclic) bond motifs is 1. The average Bonchev–Trinajstić information content (AvgIpc) is 3.32. The molecule has 1 N–H and O–H groups in total. The number of aromatic nitrogens is 1. The number of anilines is 1. The highest BCUT2D eigenvalue weighted by Gasteiger charge is 2.47. The molecule has 31 heavy (non-hydrogen) atoms. The lowest BCUT2D eigenvalue weighted by Gasteiger charge is -2.14. The smallest absolute Gasteiger partial charge is 0.326 e. The molecule has 4 rings (SSSR count). The number of thiazole rings is 1. The molecule has 2 atom stereocenters. The van der Waals surface area contributed by atoms with Gasteiger partial charge in [0.25, 0.3) is 5.91 Å². The summed E-state index contributed by atoms with van der Waals surface area (Å²) in [4.78, 5) is 54.0. The molecule has 1 saturated heterocycles. The molecule has 160 valence electrons. The average molecular weight is 443 g/mol. The van der Waals surface area contributed by atoms with E-state index in [1.165, 1.54) is 23.5 Å². The van der Waals surface area contributed by atoms with Gasteiger partial charge < -0.3 is 4.74 Å². The molecule has 2 aromatic rings. The van der Waals surface area contributed by atoms with Gasteiger partial charge in [-0.05, 0) is 37.1 Å². The number of benzene rings is 1. The van der Waals surface area contributed by atoms with Crippen LogP contribution in [-0.2, 0) is 23.9 Å². The molecule has 1 aromatic heterocycles. The van der Waals surface area contributed by atoms with Crippen LogP contribution in [0.2, 0.25) is 0 Å². The molecule has 0 radical (unpaired) electrons. The Bertz CT molecular complexity index is 1040. The highest BCUT2D eigenvalue weighted by Crippen LogP contribution is 2.34. The number of nitrogens with zero attached hydrogens (tertiary/aromatic N) is 2. The number of ether oxygens (including phenoxy) is 1. The Kier molecular flexibility index (Phi) is 5.90. The Morgan fingerprint density at radius 3 is 2.42 bits per heavy atom. The number of esters is 1. The van der Waals surface area contributed by atoms with Crippen molar-refractivity contribution < 1.29 is 28.3 Å². The van der Waals surface area contributed by atoms with Crippen molar-refractivity contribution >= 4 is 40.2 Å². The van der Waals surface area contributed by atoms with Crippen molar-refractivity contribution in [2.24, 2.45) is 11.8 Å². The number of rotatable bonds is 6. The monoisotopic (exact) mass is 443 g/mol. The lowest BCUT2D eigenvalue weighted by molar-refractivity contribution is -0.154. The molecule has 2 unspecified atom stereocenters. The maximum Gasteiger partial charge on any atom is 0.326 e. The Hall–Kier alpha value is -3.40. The SMILES string of the molecule is O=C(COC(=O)CN1C(=O)C2CC=CCC2C1=O)Nc1nc(-c2ccc(F)cc2)cs1. The Balaban J connectivity index is 1.26. The van der Waals surface area contributed by atoms with Crippen molar-refractivity contribution in [3.8, 4) is 11.3 Å². The third-order valence-corrected chi connectivity index (χ3v) is 5.90. The van der Waals surface area contributed by atoms with Crippen molar-refractivity contribution in [3.05, 3.63) is 47.6 Å². The summed E-state index contributed by atoms with van der Waals surface area (Å²) in [6.45, 7) is -1.08. The molecule has 0 bridgehead atoms. The number of allylic oxidation sites excluding steroid dienone is 2. The number of likely N-dealkylation sites (tertiary alicyclic amines) is 1. The topological polar surface area (TPSA) is 106 Å². The molecule has 10 heteroatoms. The number of nitrogens with one attached hydrogen (secondary N) is 1. The van der Waals surface area contributed by atoms with Crippen LogP contribution in [0.15, 0.2) is 41.8 Å². The van der Waals surface area contributed by atoms with Gasteiger partial charge in [-0.3, -0.25) is 29.4 Å². The first-order valence-corrected chi connectivity index (χ1v) is 10.5. The van der Waals surface area contributed by atoms with Crippen molar-refractivity contribution in [2.45, 2.75) is 12.8 Å². The van der Waals surface area contributed by atoms with Crippen LogP contribution in [0.25, 0.3) is 11.3 Å². The Labute approximate surface area is 180 Å². The largest absolute Gasteiger partial charge is 0.454 e. The fraction of sp³-hybridized carbons (Fsp3) is 0.286. The van der Waals surface area contributed by atoms with Crippen LogP contribution in [-0.4, -0.2) is 46.7 Å². The van der Waals surface area contributed by atoms with Crippen molar-refractivity contribution in [3.63, 3.8) is 0 Å². The second-order valence-corrected chi connectivity index (χ2v) is 8.03. The molecule has 1 aliphatic heterocycles. The molecule has 2 aliphatic rings. The standard InChI is InChI=1S/C21H18FN3O5S/c22-13-7-5-12(6-8-13)16-11-31-21(23-16)24-17(26)10-30-18(27)9-25-19(28)14-3-1-2-4-15(14)20(25)29/h1-2,5-8,11,14-15H,3-4,9-10H2,(H,23,24,26). The van der Waals surface area contributed by atoms with Gasteiger partial charge in [-0.2, -0.15) is 0 Å². The van der Waals surface area contributed by atoms with Crippen molar-refractivity contribution in [1.29, 1.82) is 0 Å². The van der Waals surface area contributed by atoms with Gasteiger partial charge in [0.05, 0.1) is 17.5 Å². The van der Waals surface area contributed by atoms with E-state index >= 15 is 0 Å². The van der Waals surface area contributed by atoms with Gasteiger partial charge >= 0.3 is 5.97 Å². The van der Waals surface area contributed by atoms with E-state index < -0.39 is 36.9 Å². The maximum absolute atomic E-state index is 13.0. The van der Waals surface area contributed by atoms with E-state index in [1.807, 2.05) is 12.2 Å². The summed E-state index contributed by atoms with van der Waals surface area (Å²) < 4.78 is 17.9. The van der Waals surface area contributed by atoms with Crippen LogP contribution in [0.1, 0.15) is 12.8 Å². The van der Waals surface area contributed by atoms with E-state index in [2.05, 4.69) is 10.3 Å². The van der Waals surface area contributed by atoms with Gasteiger partial charge in [-0.1, -0.05) is 12.2 Å². The van der Waals surface area contributed by atoms with E-state index in [4.69, 9.17) is 4.74 Å². The number of halogens is 1. The Morgan fingerprint density at radius 2 is 1.77 bits per heavy atom. The van der Waals surface area contributed by atoms with E-state index in [9.17, 15) is 23.6 Å². The van der Waals surface area contributed by atoms with Crippen LogP contribution < -0.4 is 5.32 Å². The summed E-state index contributed by atoms with van der Waals surface area (Å²) in [5.74, 6) is -3.40. The molecule has 0 spiro atoms. The van der Waals surface area contributed by atoms with Crippen molar-refractivity contribution in [1.82, 2.24) is 9.88 Å². The summed E-state index contributed by atoms with van der Waals surface area (Å²) in [6, 6.07) is 5.77. The quantitative estimate of drug-likeness (QED) is 0.418. The normalized spacial score (nSPS) is 20.0. The lowest BCUT2D eigenvalue weighted by Crippen LogP contribution is -2.37. The zero-order chi connectivity index (χ0) is 22.0. The van der Waals surface area contributed by atoms with Gasteiger partial charge in [-0.25, -0.2) is 9.37 Å². The van der Waals surface area contributed by atoms with Crippen molar-refractivity contribution in [2.75, 3.05) is 18.5 Å². The van der Waals surface area contributed by atoms with E-state index in [-0.39, 0.29) is 17.6 Å². The maximum atomic E-state index is 13.0. The minimum absolute atomic E-state index is 0.293. The van der Waals surface area contributed by atoms with Crippen LogP contribution >= 0.6 is 11.3 Å². The Morgan fingerprint density at radius 1 is 1.13 bits per heavy atom. The minimum Gasteiger partial charge on any atom is -0.454 e. The third kappa shape index (κ3) is 4.53. The fourth-order valence-corrected chi connectivity index (χ4v) is 4.32. The van der Waals surface area contributed by atoms with E-state index in [0.717, 1.165) is 4.90 Å². The van der Waals surface area contributed by atoms with Crippen LogP contribution in [0.4, 0.5) is 9.52 Å². The molecule has 1 aromatic carbocycles. The van der Waals surface area contributed by atoms with Gasteiger partial charge in [0.15, 0.2) is 11.7 Å². The molecule has 8 nitrogen and oxygen atoms in total. The van der Waals surface area contributed by atoms with Crippen LogP contribution in [0, 0.1) is 17.7 Å². The lowest BCUT2D eigenvalue weighted by atomic mass is 9.85. The summed E-state index contributed by atoms with van der Waals surface area (Å²) in [6.07, 6.45) is 4.69. The molecule has 0 saturated carbocycles. The first-order chi connectivity index (χ1) is 14.9. The zero-order valence-electron chi connectivity index (χ0n) is 16.2. The predicted octanol–water partition coefficient (Wildman–Crippen LogP) is 2.38. The molecule has 2 heterocycles. The number of hydrogen-bond acceptors (Lipinski definition) is 7. The van der Waals surface area contributed by atoms with Crippen LogP contribution in [0.5, 0.6) is 0 Å². The summed E-state index contributed by atoms with van der Waals surface area (Å²) in [5, 5.41) is 4.51. The molecular formula is C21H18FN3O5S.